The maximum absolute atomic E-state index is 12.3. The van der Waals surface area contributed by atoms with Crippen LogP contribution in [0.15, 0.2) is 36.5 Å². The quantitative estimate of drug-likeness (QED) is 0.805. The fraction of sp³-hybridized carbons (Fsp3) is 0.0769. The van der Waals surface area contributed by atoms with Crippen LogP contribution in [0.25, 0.3) is 0 Å². The van der Waals surface area contributed by atoms with Crippen LogP contribution in [0.3, 0.4) is 0 Å². The number of anilines is 1. The Kier molecular flexibility index (Phi) is 3.95. The van der Waals surface area contributed by atoms with E-state index in [1.807, 2.05) is 0 Å². The summed E-state index contributed by atoms with van der Waals surface area (Å²) < 4.78 is 0. The van der Waals surface area contributed by atoms with Crippen LogP contribution in [-0.2, 0) is 4.79 Å². The molecule has 0 spiro atoms. The number of phenols is 1. The molecule has 0 atom stereocenters. The maximum Gasteiger partial charge on any atom is 0.323 e. The number of H-pyrrole nitrogens is 1. The molecule has 7 heteroatoms. The monoisotopic (exact) mass is 294 g/mol. The van der Waals surface area contributed by atoms with Crippen LogP contribution in [0.2, 0.25) is 5.02 Å². The molecule has 0 unspecified atom stereocenters. The van der Waals surface area contributed by atoms with Gasteiger partial charge in [-0.1, -0.05) is 11.6 Å². The van der Waals surface area contributed by atoms with E-state index in [2.05, 4.69) is 4.98 Å². The molecule has 1 amide bonds. The highest BCUT2D eigenvalue weighted by atomic mass is 35.5. The summed E-state index contributed by atoms with van der Waals surface area (Å²) in [4.78, 5) is 26.9. The summed E-state index contributed by atoms with van der Waals surface area (Å²) in [6, 6.07) is 7.08. The molecule has 0 aliphatic carbocycles. The van der Waals surface area contributed by atoms with Gasteiger partial charge in [-0.15, -0.1) is 0 Å². The van der Waals surface area contributed by atoms with Gasteiger partial charge in [0.05, 0.1) is 5.02 Å². The highest BCUT2D eigenvalue weighted by molar-refractivity contribution is 6.31. The normalized spacial score (nSPS) is 10.2. The molecule has 2 rings (SSSR count). The van der Waals surface area contributed by atoms with Crippen LogP contribution < -0.4 is 4.90 Å². The largest absolute Gasteiger partial charge is 0.508 e. The number of hydrogen-bond donors (Lipinski definition) is 3. The zero-order valence-corrected chi connectivity index (χ0v) is 11.0. The van der Waals surface area contributed by atoms with Gasteiger partial charge in [0.15, 0.2) is 0 Å². The Bertz CT molecular complexity index is 636. The highest BCUT2D eigenvalue weighted by Crippen LogP contribution is 2.21. The minimum absolute atomic E-state index is 0.0272. The number of aromatic amines is 1. The molecule has 0 saturated heterocycles. The van der Waals surface area contributed by atoms with Crippen LogP contribution in [0, 0.1) is 0 Å². The van der Waals surface area contributed by atoms with Crippen molar-refractivity contribution < 1.29 is 19.8 Å². The van der Waals surface area contributed by atoms with E-state index in [1.54, 1.807) is 0 Å². The van der Waals surface area contributed by atoms with Gasteiger partial charge >= 0.3 is 5.97 Å². The lowest BCUT2D eigenvalue weighted by atomic mass is 10.2. The molecule has 0 saturated carbocycles. The summed E-state index contributed by atoms with van der Waals surface area (Å²) in [5.41, 5.74) is 0.547. The van der Waals surface area contributed by atoms with E-state index in [0.717, 1.165) is 4.90 Å². The number of aliphatic carboxylic acids is 1. The minimum Gasteiger partial charge on any atom is -0.508 e. The third-order valence-corrected chi connectivity index (χ3v) is 2.80. The topological polar surface area (TPSA) is 93.6 Å². The Morgan fingerprint density at radius 2 is 1.90 bits per heavy atom. The van der Waals surface area contributed by atoms with Crippen molar-refractivity contribution in [2.45, 2.75) is 0 Å². The van der Waals surface area contributed by atoms with Crippen molar-refractivity contribution in [3.63, 3.8) is 0 Å². The van der Waals surface area contributed by atoms with E-state index in [9.17, 15) is 14.7 Å². The summed E-state index contributed by atoms with van der Waals surface area (Å²) in [5.74, 6) is -1.64. The first-order chi connectivity index (χ1) is 9.47. The van der Waals surface area contributed by atoms with Gasteiger partial charge in [-0.3, -0.25) is 14.5 Å². The summed E-state index contributed by atoms with van der Waals surface area (Å²) >= 11 is 5.73. The predicted molar refractivity (Wildman–Crippen MR) is 73.2 cm³/mol. The van der Waals surface area contributed by atoms with Crippen LogP contribution in [0.4, 0.5) is 5.69 Å². The van der Waals surface area contributed by atoms with E-state index in [0.29, 0.717) is 10.7 Å². The molecule has 0 bridgehead atoms. The number of carboxylic acids is 1. The second-order valence-electron chi connectivity index (χ2n) is 4.03. The van der Waals surface area contributed by atoms with E-state index in [-0.39, 0.29) is 11.4 Å². The second kappa shape index (κ2) is 5.66. The number of rotatable bonds is 4. The van der Waals surface area contributed by atoms with Gasteiger partial charge in [-0.25, -0.2) is 0 Å². The van der Waals surface area contributed by atoms with Crippen molar-refractivity contribution >= 4 is 29.2 Å². The molecular formula is C13H11ClN2O4. The molecule has 0 aliphatic heterocycles. The molecule has 6 nitrogen and oxygen atoms in total. The van der Waals surface area contributed by atoms with Gasteiger partial charge in [-0.05, 0) is 30.3 Å². The van der Waals surface area contributed by atoms with Crippen LogP contribution in [-0.4, -0.2) is 33.6 Å². The third-order valence-electron chi connectivity index (χ3n) is 2.58. The van der Waals surface area contributed by atoms with Crippen molar-refractivity contribution in [1.82, 2.24) is 4.98 Å². The molecular weight excluding hydrogens is 284 g/mol. The average molecular weight is 295 g/mol. The van der Waals surface area contributed by atoms with Gasteiger partial charge in [-0.2, -0.15) is 0 Å². The van der Waals surface area contributed by atoms with Gasteiger partial charge in [0, 0.05) is 11.9 Å². The minimum atomic E-state index is -1.15. The number of benzene rings is 1. The van der Waals surface area contributed by atoms with Gasteiger partial charge in [0.25, 0.3) is 5.91 Å². The van der Waals surface area contributed by atoms with Gasteiger partial charge in [0.1, 0.15) is 18.0 Å². The molecule has 1 aromatic heterocycles. The number of carbonyl (C=O) groups is 2. The second-order valence-corrected chi connectivity index (χ2v) is 4.47. The Morgan fingerprint density at radius 3 is 2.40 bits per heavy atom. The van der Waals surface area contributed by atoms with Crippen molar-refractivity contribution in [1.29, 1.82) is 0 Å². The van der Waals surface area contributed by atoms with Gasteiger partial charge in [0.2, 0.25) is 0 Å². The standard InChI is InChI=1S/C13H11ClN2O4/c14-8-5-11(15-6-8)13(20)16(7-12(18)19)9-1-3-10(17)4-2-9/h1-6,15,17H,7H2,(H,18,19). The van der Waals surface area contributed by atoms with Crippen LogP contribution in [0.5, 0.6) is 5.75 Å². The van der Waals surface area contributed by atoms with Gasteiger partial charge < -0.3 is 15.2 Å². The zero-order valence-electron chi connectivity index (χ0n) is 10.2. The SMILES string of the molecule is O=C(O)CN(C(=O)c1cc(Cl)c[nH]1)c1ccc(O)cc1. The lowest BCUT2D eigenvalue weighted by Gasteiger charge is -2.20. The summed E-state index contributed by atoms with van der Waals surface area (Å²) in [5, 5.41) is 18.5. The van der Waals surface area contributed by atoms with Crippen LogP contribution >= 0.6 is 11.6 Å². The van der Waals surface area contributed by atoms with Crippen molar-refractivity contribution in [3.05, 3.63) is 47.2 Å². The van der Waals surface area contributed by atoms with Crippen molar-refractivity contribution in [3.8, 4) is 5.75 Å². The van der Waals surface area contributed by atoms with E-state index < -0.39 is 18.4 Å². The number of aromatic hydroxyl groups is 1. The number of aromatic nitrogens is 1. The summed E-state index contributed by atoms with van der Waals surface area (Å²) in [7, 11) is 0. The van der Waals surface area contributed by atoms with Crippen molar-refractivity contribution in [2.24, 2.45) is 0 Å². The lowest BCUT2D eigenvalue weighted by molar-refractivity contribution is -0.135. The van der Waals surface area contributed by atoms with E-state index in [4.69, 9.17) is 16.7 Å². The molecule has 20 heavy (non-hydrogen) atoms. The van der Waals surface area contributed by atoms with Crippen molar-refractivity contribution in [2.75, 3.05) is 11.4 Å². The number of carbonyl (C=O) groups excluding carboxylic acids is 1. The summed E-state index contributed by atoms with van der Waals surface area (Å²) in [6.07, 6.45) is 1.44. The lowest BCUT2D eigenvalue weighted by Crippen LogP contribution is -2.35. The number of nitrogens with one attached hydrogen (secondary N) is 1. The smallest absolute Gasteiger partial charge is 0.323 e. The number of nitrogens with zero attached hydrogens (tertiary/aromatic N) is 1. The molecule has 2 aromatic rings. The number of halogens is 1. The first kappa shape index (κ1) is 14.0. The fourth-order valence-corrected chi connectivity index (χ4v) is 1.85. The highest BCUT2D eigenvalue weighted by Gasteiger charge is 2.21. The molecule has 104 valence electrons. The average Bonchev–Trinajstić information content (AvgIpc) is 2.83. The molecule has 1 aromatic carbocycles. The van der Waals surface area contributed by atoms with E-state index >= 15 is 0 Å². The number of hydrogen-bond acceptors (Lipinski definition) is 3. The molecule has 1 heterocycles. The Morgan fingerprint density at radius 1 is 1.25 bits per heavy atom. The third kappa shape index (κ3) is 3.10. The maximum atomic E-state index is 12.3. The molecule has 0 aliphatic rings. The number of phenolic OH excluding ortho intramolecular Hbond substituents is 1. The number of amides is 1. The fourth-order valence-electron chi connectivity index (χ4n) is 1.68. The van der Waals surface area contributed by atoms with E-state index in [1.165, 1.54) is 36.5 Å². The number of carboxylic acid groups (broad SMARTS) is 1. The van der Waals surface area contributed by atoms with Crippen LogP contribution in [0.1, 0.15) is 10.5 Å². The molecule has 0 radical (unpaired) electrons. The summed E-state index contributed by atoms with van der Waals surface area (Å²) in [6.45, 7) is -0.500. The molecule has 3 N–H and O–H groups in total. The first-order valence-electron chi connectivity index (χ1n) is 5.64. The Hall–Kier alpha value is -2.47. The Labute approximate surface area is 119 Å². The molecule has 0 fully saturated rings. The Balaban J connectivity index is 2.34. The predicted octanol–water partition coefficient (Wildman–Crippen LogP) is 2.11. The zero-order chi connectivity index (χ0) is 14.7. The first-order valence-corrected chi connectivity index (χ1v) is 6.02.